The van der Waals surface area contributed by atoms with Crippen LogP contribution >= 0.6 is 24.4 Å². The summed E-state index contributed by atoms with van der Waals surface area (Å²) in [7, 11) is 0. The van der Waals surface area contributed by atoms with Crippen LogP contribution in [0.4, 0.5) is 0 Å². The van der Waals surface area contributed by atoms with Gasteiger partial charge in [-0.3, -0.25) is 0 Å². The van der Waals surface area contributed by atoms with Gasteiger partial charge >= 0.3 is 0 Å². The van der Waals surface area contributed by atoms with Gasteiger partial charge in [-0.2, -0.15) is 0 Å². The van der Waals surface area contributed by atoms with Gasteiger partial charge in [0.25, 0.3) is 0 Å². The Morgan fingerprint density at radius 3 is 1.46 bits per heavy atom. The third-order valence-corrected chi connectivity index (χ3v) is 7.81. The molecule has 26 heavy (non-hydrogen) atoms. The SMILES string of the molecule is S=C(NCCCCNC(=S)N[C@@H]1C[C@H]2CC[C@H]1C2)N[C@H]1C[C@H]2CC[C@H]1C2. The second-order valence-electron chi connectivity index (χ2n) is 9.07. The zero-order chi connectivity index (χ0) is 17.9. The quantitative estimate of drug-likeness (QED) is 0.393. The Hall–Kier alpha value is -0.620. The molecule has 0 saturated heterocycles. The first-order valence-corrected chi connectivity index (χ1v) is 11.6. The van der Waals surface area contributed by atoms with Crippen molar-refractivity contribution in [3.05, 3.63) is 0 Å². The Labute approximate surface area is 169 Å². The Morgan fingerprint density at radius 1 is 0.654 bits per heavy atom. The molecule has 4 aliphatic rings. The van der Waals surface area contributed by atoms with Crippen LogP contribution < -0.4 is 21.3 Å². The van der Waals surface area contributed by atoms with Gasteiger partial charge in [-0.1, -0.05) is 12.8 Å². The number of thiocarbonyl (C=S) groups is 2. The predicted octanol–water partition coefficient (Wildman–Crippen LogP) is 3.07. The van der Waals surface area contributed by atoms with Crippen molar-refractivity contribution in [1.82, 2.24) is 21.3 Å². The Bertz CT molecular complexity index is 480. The minimum atomic E-state index is 0.629. The molecular weight excluding hydrogens is 360 g/mol. The number of hydrogen-bond donors (Lipinski definition) is 4. The van der Waals surface area contributed by atoms with Crippen LogP contribution in [-0.2, 0) is 0 Å². The molecule has 0 aromatic heterocycles. The number of fused-ring (bicyclic) bond motifs is 4. The van der Waals surface area contributed by atoms with Gasteiger partial charge in [0.05, 0.1) is 0 Å². The monoisotopic (exact) mass is 394 g/mol. The highest BCUT2D eigenvalue weighted by Gasteiger charge is 2.40. The van der Waals surface area contributed by atoms with Crippen LogP contribution in [0.25, 0.3) is 0 Å². The maximum Gasteiger partial charge on any atom is 0.166 e. The van der Waals surface area contributed by atoms with Crippen LogP contribution in [-0.4, -0.2) is 35.4 Å². The Morgan fingerprint density at radius 2 is 1.12 bits per heavy atom. The summed E-state index contributed by atoms with van der Waals surface area (Å²) < 4.78 is 0. The first kappa shape index (κ1) is 18.7. The lowest BCUT2D eigenvalue weighted by molar-refractivity contribution is 0.388. The highest BCUT2D eigenvalue weighted by atomic mass is 32.1. The molecule has 0 spiro atoms. The first-order valence-electron chi connectivity index (χ1n) is 10.8. The number of nitrogens with one attached hydrogen (secondary N) is 4. The second-order valence-corrected chi connectivity index (χ2v) is 9.89. The van der Waals surface area contributed by atoms with Crippen LogP contribution in [0, 0.1) is 23.7 Å². The molecule has 6 heteroatoms. The van der Waals surface area contributed by atoms with Crippen molar-refractivity contribution in [1.29, 1.82) is 0 Å². The lowest BCUT2D eigenvalue weighted by Crippen LogP contribution is -2.45. The van der Waals surface area contributed by atoms with Gasteiger partial charge in [-0.05, 0) is 99.5 Å². The van der Waals surface area contributed by atoms with Crippen LogP contribution in [0.2, 0.25) is 0 Å². The van der Waals surface area contributed by atoms with Gasteiger partial charge in [-0.25, -0.2) is 0 Å². The van der Waals surface area contributed by atoms with Gasteiger partial charge in [0.15, 0.2) is 10.2 Å². The summed E-state index contributed by atoms with van der Waals surface area (Å²) in [6.45, 7) is 1.89. The minimum absolute atomic E-state index is 0.629. The maximum atomic E-state index is 5.46. The van der Waals surface area contributed by atoms with Gasteiger partial charge in [0.2, 0.25) is 0 Å². The highest BCUT2D eigenvalue weighted by molar-refractivity contribution is 7.80. The van der Waals surface area contributed by atoms with E-state index in [2.05, 4.69) is 21.3 Å². The molecule has 0 heterocycles. The molecular formula is C20H34N4S2. The Kier molecular flexibility index (Phi) is 6.19. The van der Waals surface area contributed by atoms with E-state index in [-0.39, 0.29) is 0 Å². The average Bonchev–Trinajstić information content (AvgIpc) is 3.38. The van der Waals surface area contributed by atoms with E-state index < -0.39 is 0 Å². The summed E-state index contributed by atoms with van der Waals surface area (Å²) in [6.07, 6.45) is 13.4. The van der Waals surface area contributed by atoms with E-state index in [0.717, 1.165) is 59.8 Å². The van der Waals surface area contributed by atoms with Crippen LogP contribution in [0.3, 0.4) is 0 Å². The zero-order valence-corrected chi connectivity index (χ0v) is 17.4. The lowest BCUT2D eigenvalue weighted by Gasteiger charge is -2.25. The zero-order valence-electron chi connectivity index (χ0n) is 15.8. The molecule has 4 saturated carbocycles. The molecule has 4 bridgehead atoms. The molecule has 0 radical (unpaired) electrons. The number of unbranched alkanes of at least 4 members (excludes halogenated alkanes) is 1. The second kappa shape index (κ2) is 8.59. The molecule has 0 aromatic carbocycles. The summed E-state index contributed by atoms with van der Waals surface area (Å²) in [6, 6.07) is 1.26. The fourth-order valence-electron chi connectivity index (χ4n) is 5.94. The molecule has 4 rings (SSSR count). The third-order valence-electron chi connectivity index (χ3n) is 7.28. The van der Waals surface area contributed by atoms with Crippen LogP contribution in [0.5, 0.6) is 0 Å². The van der Waals surface area contributed by atoms with Gasteiger partial charge in [0.1, 0.15) is 0 Å². The molecule has 0 unspecified atom stereocenters. The fourth-order valence-corrected chi connectivity index (χ4v) is 6.44. The summed E-state index contributed by atoms with van der Waals surface area (Å²) in [5.41, 5.74) is 0. The van der Waals surface area contributed by atoms with E-state index in [9.17, 15) is 0 Å². The predicted molar refractivity (Wildman–Crippen MR) is 115 cm³/mol. The summed E-state index contributed by atoms with van der Waals surface area (Å²) >= 11 is 10.9. The molecule has 4 N–H and O–H groups in total. The summed E-state index contributed by atoms with van der Waals surface area (Å²) in [4.78, 5) is 0. The minimum Gasteiger partial charge on any atom is -0.363 e. The average molecular weight is 395 g/mol. The van der Waals surface area contributed by atoms with Gasteiger partial charge in [-0.15, -0.1) is 0 Å². The molecule has 0 aliphatic heterocycles. The molecule has 4 aliphatic carbocycles. The lowest BCUT2D eigenvalue weighted by atomic mass is 9.96. The van der Waals surface area contributed by atoms with E-state index >= 15 is 0 Å². The van der Waals surface area contributed by atoms with Crippen molar-refractivity contribution < 1.29 is 0 Å². The standard InChI is InChI=1S/C20H34N4S2/c25-19(23-17-11-13-3-5-15(17)9-13)21-7-1-2-8-22-20(26)24-18-12-14-4-6-16(18)10-14/h13-18H,1-12H2,(H2,21,23,25)(H2,22,24,26)/t13-,14-,15-,16-,17-,18+/m0/s1. The summed E-state index contributed by atoms with van der Waals surface area (Å²) in [5, 5.41) is 15.6. The first-order chi connectivity index (χ1) is 12.7. The molecule has 146 valence electrons. The molecule has 6 atom stereocenters. The highest BCUT2D eigenvalue weighted by Crippen LogP contribution is 2.45. The third kappa shape index (κ3) is 4.61. The van der Waals surface area contributed by atoms with Crippen LogP contribution in [0.15, 0.2) is 0 Å². The van der Waals surface area contributed by atoms with Crippen molar-refractivity contribution in [2.45, 2.75) is 76.3 Å². The van der Waals surface area contributed by atoms with E-state index in [1.807, 2.05) is 0 Å². The van der Waals surface area contributed by atoms with Crippen molar-refractivity contribution >= 4 is 34.7 Å². The van der Waals surface area contributed by atoms with E-state index in [1.54, 1.807) is 0 Å². The fraction of sp³-hybridized carbons (Fsp3) is 0.900. The largest absolute Gasteiger partial charge is 0.363 e. The smallest absolute Gasteiger partial charge is 0.166 e. The topological polar surface area (TPSA) is 48.1 Å². The molecule has 4 fully saturated rings. The van der Waals surface area contributed by atoms with E-state index in [0.29, 0.717) is 12.1 Å². The van der Waals surface area contributed by atoms with Crippen molar-refractivity contribution in [3.63, 3.8) is 0 Å². The molecule has 0 amide bonds. The molecule has 4 nitrogen and oxygen atoms in total. The van der Waals surface area contributed by atoms with Crippen molar-refractivity contribution in [3.8, 4) is 0 Å². The van der Waals surface area contributed by atoms with E-state index in [4.69, 9.17) is 24.4 Å². The molecule has 0 aromatic rings. The van der Waals surface area contributed by atoms with Crippen molar-refractivity contribution in [2.75, 3.05) is 13.1 Å². The number of hydrogen-bond acceptors (Lipinski definition) is 2. The summed E-state index contributed by atoms with van der Waals surface area (Å²) in [5.74, 6) is 3.66. The Balaban J connectivity index is 1.01. The van der Waals surface area contributed by atoms with Crippen LogP contribution in [0.1, 0.15) is 64.2 Å². The van der Waals surface area contributed by atoms with E-state index in [1.165, 1.54) is 51.4 Å². The van der Waals surface area contributed by atoms with Crippen molar-refractivity contribution in [2.24, 2.45) is 23.7 Å². The van der Waals surface area contributed by atoms with Gasteiger partial charge in [0, 0.05) is 25.2 Å². The maximum absolute atomic E-state index is 5.46. The van der Waals surface area contributed by atoms with Gasteiger partial charge < -0.3 is 21.3 Å². The normalized spacial score (nSPS) is 36.9. The number of rotatable bonds is 7.